The Labute approximate surface area is 222 Å². The van der Waals surface area contributed by atoms with Crippen molar-refractivity contribution < 1.29 is 18.4 Å². The molecule has 1 aliphatic heterocycles. The quantitative estimate of drug-likeness (QED) is 0.404. The molecule has 1 unspecified atom stereocenters. The van der Waals surface area contributed by atoms with E-state index in [0.717, 1.165) is 43.0 Å². The number of nitrogens with two attached hydrogens (primary N) is 1. The lowest BCUT2D eigenvalue weighted by Gasteiger charge is -2.34. The molecule has 0 spiro atoms. The van der Waals surface area contributed by atoms with Crippen molar-refractivity contribution in [3.05, 3.63) is 59.0 Å². The molecule has 2 aromatic carbocycles. The summed E-state index contributed by atoms with van der Waals surface area (Å²) in [5, 5.41) is 0.355. The minimum absolute atomic E-state index is 0.113. The molecule has 198 valence electrons. The number of ether oxygens (including phenoxy) is 2. The van der Waals surface area contributed by atoms with Gasteiger partial charge < -0.3 is 29.6 Å². The molecule has 0 saturated carbocycles. The van der Waals surface area contributed by atoms with Gasteiger partial charge in [-0.2, -0.15) is 0 Å². The first kappa shape index (κ1) is 27.2. The van der Waals surface area contributed by atoms with E-state index in [1.807, 2.05) is 12.1 Å². The van der Waals surface area contributed by atoms with Gasteiger partial charge in [-0.05, 0) is 57.6 Å². The summed E-state index contributed by atoms with van der Waals surface area (Å²) in [6.07, 6.45) is 0.930. The predicted molar refractivity (Wildman–Crippen MR) is 150 cm³/mol. The Kier molecular flexibility index (Phi) is 8.02. The summed E-state index contributed by atoms with van der Waals surface area (Å²) in [7, 11) is 1.00. The van der Waals surface area contributed by atoms with Gasteiger partial charge in [-0.15, -0.1) is 0 Å². The molecule has 0 aliphatic carbocycles. The van der Waals surface area contributed by atoms with Crippen LogP contribution in [0.1, 0.15) is 18.6 Å². The van der Waals surface area contributed by atoms with Crippen LogP contribution in [0.3, 0.4) is 0 Å². The highest BCUT2D eigenvalue weighted by Gasteiger charge is 2.26. The van der Waals surface area contributed by atoms with Gasteiger partial charge in [0, 0.05) is 66.1 Å². The Balaban J connectivity index is 1.66. The SMILES string of the molecule is COc1cc(N2CCN(C)CC2)ccc1-c1cnc(N)c(OC(C)c2c(P(C)(C)=O)ccc(F)c2Cl)c1. The Morgan fingerprint density at radius 1 is 1.11 bits per heavy atom. The number of rotatable bonds is 7. The van der Waals surface area contributed by atoms with Gasteiger partial charge in [0.1, 0.15) is 24.8 Å². The third-order valence-corrected chi connectivity index (χ3v) is 8.58. The van der Waals surface area contributed by atoms with Crippen molar-refractivity contribution in [2.75, 3.05) is 64.3 Å². The largest absolute Gasteiger partial charge is 0.496 e. The third kappa shape index (κ3) is 5.87. The summed E-state index contributed by atoms with van der Waals surface area (Å²) >= 11 is 6.31. The average molecular weight is 547 g/mol. The molecule has 4 rings (SSSR count). The fraction of sp³-hybridized carbons (Fsp3) is 0.370. The first-order valence-corrected chi connectivity index (χ1v) is 15.0. The van der Waals surface area contributed by atoms with Gasteiger partial charge >= 0.3 is 0 Å². The molecular formula is C27H33ClFN4O3P. The maximum Gasteiger partial charge on any atom is 0.166 e. The van der Waals surface area contributed by atoms with E-state index in [2.05, 4.69) is 27.9 Å². The lowest BCUT2D eigenvalue weighted by molar-refractivity contribution is 0.228. The molecule has 7 nitrogen and oxygen atoms in total. The van der Waals surface area contributed by atoms with Crippen LogP contribution in [0.25, 0.3) is 11.1 Å². The topological polar surface area (TPSA) is 80.9 Å². The zero-order valence-corrected chi connectivity index (χ0v) is 23.4. The van der Waals surface area contributed by atoms with E-state index in [-0.39, 0.29) is 10.8 Å². The lowest BCUT2D eigenvalue weighted by atomic mass is 10.0. The molecule has 1 fully saturated rings. The van der Waals surface area contributed by atoms with Crippen molar-refractivity contribution in [1.82, 2.24) is 9.88 Å². The molecule has 2 heterocycles. The fourth-order valence-electron chi connectivity index (χ4n) is 4.54. The molecule has 3 aromatic rings. The van der Waals surface area contributed by atoms with E-state index >= 15 is 0 Å². The summed E-state index contributed by atoms with van der Waals surface area (Å²) in [5.74, 6) is 0.585. The lowest BCUT2D eigenvalue weighted by Crippen LogP contribution is -2.44. The Hall–Kier alpha value is -2.80. The minimum Gasteiger partial charge on any atom is -0.496 e. The zero-order chi connectivity index (χ0) is 26.9. The first-order chi connectivity index (χ1) is 17.5. The third-order valence-electron chi connectivity index (χ3n) is 6.65. The van der Waals surface area contributed by atoms with Crippen LogP contribution >= 0.6 is 18.7 Å². The van der Waals surface area contributed by atoms with E-state index in [4.69, 9.17) is 26.8 Å². The molecule has 10 heteroatoms. The van der Waals surface area contributed by atoms with Gasteiger partial charge in [0.25, 0.3) is 0 Å². The standard InChI is InChI=1S/C27H33ClFN4O3P/c1-17(25-24(37(4,5)34)9-8-21(29)26(25)28)36-23-14-18(16-31-27(23)30)20-7-6-19(15-22(20)35-3)33-12-10-32(2)11-13-33/h6-9,14-17H,10-13H2,1-5H3,(H2,30,31). The average Bonchev–Trinajstić information content (AvgIpc) is 2.86. The van der Waals surface area contributed by atoms with Crippen LogP contribution in [0.15, 0.2) is 42.6 Å². The number of nitrogen functional groups attached to an aromatic ring is 1. The predicted octanol–water partition coefficient (Wildman–Crippen LogP) is 5.27. The van der Waals surface area contributed by atoms with Crippen LogP contribution in [-0.4, -0.2) is 63.6 Å². The Morgan fingerprint density at radius 2 is 1.81 bits per heavy atom. The Bertz CT molecular complexity index is 1340. The molecular weight excluding hydrogens is 514 g/mol. The minimum atomic E-state index is -2.76. The molecule has 0 amide bonds. The highest BCUT2D eigenvalue weighted by molar-refractivity contribution is 7.70. The number of methoxy groups -OCH3 is 1. The summed E-state index contributed by atoms with van der Waals surface area (Å²) < 4.78 is 39.1. The molecule has 1 aliphatic rings. The molecule has 1 atom stereocenters. The van der Waals surface area contributed by atoms with Crippen molar-refractivity contribution in [3.63, 3.8) is 0 Å². The van der Waals surface area contributed by atoms with Gasteiger partial charge in [0.2, 0.25) is 0 Å². The maximum atomic E-state index is 14.3. The number of hydrogen-bond acceptors (Lipinski definition) is 7. The van der Waals surface area contributed by atoms with E-state index in [0.29, 0.717) is 22.4 Å². The zero-order valence-electron chi connectivity index (χ0n) is 21.8. The number of likely N-dealkylation sites (N-methyl/N-ethyl adjacent to an activating group) is 1. The van der Waals surface area contributed by atoms with Crippen molar-refractivity contribution in [2.24, 2.45) is 0 Å². The molecule has 1 saturated heterocycles. The van der Waals surface area contributed by atoms with Crippen molar-refractivity contribution in [3.8, 4) is 22.6 Å². The van der Waals surface area contributed by atoms with Gasteiger partial charge in [-0.3, -0.25) is 0 Å². The number of halogens is 2. The van der Waals surface area contributed by atoms with Crippen molar-refractivity contribution in [1.29, 1.82) is 0 Å². The van der Waals surface area contributed by atoms with E-state index in [9.17, 15) is 8.96 Å². The van der Waals surface area contributed by atoms with E-state index in [1.54, 1.807) is 39.6 Å². The van der Waals surface area contributed by atoms with Crippen molar-refractivity contribution in [2.45, 2.75) is 13.0 Å². The number of hydrogen-bond donors (Lipinski definition) is 1. The number of piperazine rings is 1. The molecule has 2 N–H and O–H groups in total. The first-order valence-electron chi connectivity index (χ1n) is 12.1. The van der Waals surface area contributed by atoms with Gasteiger partial charge in [0.15, 0.2) is 11.6 Å². The molecule has 0 bridgehead atoms. The maximum absolute atomic E-state index is 14.3. The summed E-state index contributed by atoms with van der Waals surface area (Å²) in [6.45, 7) is 8.86. The van der Waals surface area contributed by atoms with Crippen LogP contribution < -0.4 is 25.4 Å². The van der Waals surface area contributed by atoms with Crippen LogP contribution in [0.5, 0.6) is 11.5 Å². The number of aromatic nitrogens is 1. The number of benzene rings is 2. The second-order valence-electron chi connectivity index (χ2n) is 9.69. The number of anilines is 2. The van der Waals surface area contributed by atoms with Gasteiger partial charge in [0.05, 0.1) is 12.1 Å². The summed E-state index contributed by atoms with van der Waals surface area (Å²) in [5.41, 5.74) is 9.17. The molecule has 37 heavy (non-hydrogen) atoms. The van der Waals surface area contributed by atoms with Crippen LogP contribution in [0.4, 0.5) is 15.9 Å². The highest BCUT2D eigenvalue weighted by atomic mass is 35.5. The molecule has 0 radical (unpaired) electrons. The van der Waals surface area contributed by atoms with E-state index in [1.165, 1.54) is 12.1 Å². The number of pyridine rings is 1. The van der Waals surface area contributed by atoms with Crippen LogP contribution in [0, 0.1) is 5.82 Å². The van der Waals surface area contributed by atoms with Gasteiger partial charge in [-0.25, -0.2) is 9.37 Å². The highest BCUT2D eigenvalue weighted by Crippen LogP contribution is 2.42. The van der Waals surface area contributed by atoms with E-state index < -0.39 is 19.1 Å². The van der Waals surface area contributed by atoms with Crippen LogP contribution in [-0.2, 0) is 4.57 Å². The van der Waals surface area contributed by atoms with Crippen LogP contribution in [0.2, 0.25) is 5.02 Å². The second-order valence-corrected chi connectivity index (χ2v) is 13.2. The van der Waals surface area contributed by atoms with Crippen molar-refractivity contribution >= 4 is 35.6 Å². The monoisotopic (exact) mass is 546 g/mol. The second kappa shape index (κ2) is 10.9. The smallest absolute Gasteiger partial charge is 0.166 e. The molecule has 1 aromatic heterocycles. The summed E-state index contributed by atoms with van der Waals surface area (Å²) in [4.78, 5) is 8.98. The summed E-state index contributed by atoms with van der Waals surface area (Å²) in [6, 6.07) is 10.6. The normalized spacial score (nSPS) is 15.5. The number of nitrogens with zero attached hydrogens (tertiary/aromatic N) is 3. The Morgan fingerprint density at radius 3 is 2.46 bits per heavy atom. The fourth-order valence-corrected chi connectivity index (χ4v) is 6.23. The van der Waals surface area contributed by atoms with Gasteiger partial charge in [-0.1, -0.05) is 11.6 Å².